The van der Waals surface area contributed by atoms with Crippen LogP contribution in [0.2, 0.25) is 0 Å². The SMILES string of the molecule is Cc1ccc(-n2nc(C(=O)Nc3ccc(Br)cc3)nc2-c2ccc(F)cc2)c(C)c1. The van der Waals surface area contributed by atoms with Crippen molar-refractivity contribution in [3.63, 3.8) is 0 Å². The van der Waals surface area contributed by atoms with Gasteiger partial charge < -0.3 is 5.32 Å². The van der Waals surface area contributed by atoms with Crippen molar-refractivity contribution in [1.29, 1.82) is 0 Å². The zero-order valence-electron chi connectivity index (χ0n) is 16.4. The minimum absolute atomic E-state index is 0.0252. The van der Waals surface area contributed by atoms with Crippen molar-refractivity contribution >= 4 is 27.5 Å². The van der Waals surface area contributed by atoms with Gasteiger partial charge in [-0.05, 0) is 74.0 Å². The lowest BCUT2D eigenvalue weighted by atomic mass is 10.1. The number of hydrogen-bond acceptors (Lipinski definition) is 3. The van der Waals surface area contributed by atoms with Crippen LogP contribution in [-0.2, 0) is 0 Å². The van der Waals surface area contributed by atoms with Crippen LogP contribution in [0.5, 0.6) is 0 Å². The van der Waals surface area contributed by atoms with Crippen LogP contribution in [-0.4, -0.2) is 20.7 Å². The van der Waals surface area contributed by atoms with Gasteiger partial charge in [0.2, 0.25) is 5.82 Å². The normalized spacial score (nSPS) is 10.8. The van der Waals surface area contributed by atoms with E-state index in [1.807, 2.05) is 44.2 Å². The summed E-state index contributed by atoms with van der Waals surface area (Å²) in [5.41, 5.74) is 4.20. The predicted molar refractivity (Wildman–Crippen MR) is 118 cm³/mol. The van der Waals surface area contributed by atoms with Gasteiger partial charge in [0.1, 0.15) is 5.82 Å². The zero-order valence-corrected chi connectivity index (χ0v) is 17.9. The topological polar surface area (TPSA) is 59.8 Å². The van der Waals surface area contributed by atoms with E-state index in [4.69, 9.17) is 0 Å². The minimum Gasteiger partial charge on any atom is -0.319 e. The number of carbonyl (C=O) groups excluding carboxylic acids is 1. The number of nitrogens with one attached hydrogen (secondary N) is 1. The summed E-state index contributed by atoms with van der Waals surface area (Å²) in [7, 11) is 0. The first-order valence-corrected chi connectivity index (χ1v) is 10.1. The Morgan fingerprint density at radius 1 is 1.00 bits per heavy atom. The van der Waals surface area contributed by atoms with E-state index in [0.29, 0.717) is 17.1 Å². The second-order valence-electron chi connectivity index (χ2n) is 6.93. The average Bonchev–Trinajstić information content (AvgIpc) is 3.15. The first-order valence-electron chi connectivity index (χ1n) is 9.28. The molecule has 0 fully saturated rings. The van der Waals surface area contributed by atoms with E-state index in [2.05, 4.69) is 31.3 Å². The van der Waals surface area contributed by atoms with E-state index in [1.165, 1.54) is 12.1 Å². The molecule has 5 nitrogen and oxygen atoms in total. The molecule has 0 unspecified atom stereocenters. The predicted octanol–water partition coefficient (Wildman–Crippen LogP) is 5.71. The molecule has 3 aromatic carbocycles. The van der Waals surface area contributed by atoms with E-state index >= 15 is 0 Å². The first-order chi connectivity index (χ1) is 14.4. The Morgan fingerprint density at radius 2 is 1.70 bits per heavy atom. The van der Waals surface area contributed by atoms with Crippen LogP contribution in [0.4, 0.5) is 10.1 Å². The number of rotatable bonds is 4. The molecular weight excluding hydrogens is 447 g/mol. The summed E-state index contributed by atoms with van der Waals surface area (Å²) in [6.45, 7) is 3.98. The molecule has 1 amide bonds. The molecule has 4 rings (SSSR count). The fourth-order valence-electron chi connectivity index (χ4n) is 3.13. The van der Waals surface area contributed by atoms with Crippen LogP contribution in [0.3, 0.4) is 0 Å². The standard InChI is InChI=1S/C23H18BrFN4O/c1-14-3-12-20(15(2)13-14)29-22(16-4-8-18(25)9-5-16)27-21(28-29)23(30)26-19-10-6-17(24)7-11-19/h3-13H,1-2H3,(H,26,30). The summed E-state index contributed by atoms with van der Waals surface area (Å²) >= 11 is 3.37. The third-order valence-electron chi connectivity index (χ3n) is 4.60. The molecule has 0 saturated carbocycles. The molecular formula is C23H18BrFN4O. The van der Waals surface area contributed by atoms with Gasteiger partial charge in [0, 0.05) is 15.7 Å². The number of amides is 1. The summed E-state index contributed by atoms with van der Waals surface area (Å²) < 4.78 is 16.0. The molecule has 0 atom stereocenters. The third kappa shape index (κ3) is 4.16. The van der Waals surface area contributed by atoms with Crippen LogP contribution in [0.1, 0.15) is 21.7 Å². The Morgan fingerprint density at radius 3 is 2.37 bits per heavy atom. The van der Waals surface area contributed by atoms with E-state index in [-0.39, 0.29) is 11.6 Å². The maximum absolute atomic E-state index is 13.4. The highest BCUT2D eigenvalue weighted by Crippen LogP contribution is 2.24. The summed E-state index contributed by atoms with van der Waals surface area (Å²) in [6, 6.07) is 19.1. The fraction of sp³-hybridized carbons (Fsp3) is 0.0870. The maximum Gasteiger partial charge on any atom is 0.295 e. The molecule has 1 heterocycles. The van der Waals surface area contributed by atoms with E-state index in [9.17, 15) is 9.18 Å². The number of aryl methyl sites for hydroxylation is 2. The summed E-state index contributed by atoms with van der Waals surface area (Å²) in [5, 5.41) is 7.28. The number of anilines is 1. The smallest absolute Gasteiger partial charge is 0.295 e. The molecule has 0 aliphatic carbocycles. The lowest BCUT2D eigenvalue weighted by Crippen LogP contribution is -2.14. The van der Waals surface area contributed by atoms with Gasteiger partial charge in [-0.1, -0.05) is 33.6 Å². The molecule has 1 aromatic heterocycles. The van der Waals surface area contributed by atoms with E-state index in [1.54, 1.807) is 28.9 Å². The van der Waals surface area contributed by atoms with Crippen molar-refractivity contribution in [3.05, 3.63) is 94.0 Å². The molecule has 4 aromatic rings. The number of halogens is 2. The largest absolute Gasteiger partial charge is 0.319 e. The maximum atomic E-state index is 13.4. The van der Waals surface area contributed by atoms with Gasteiger partial charge in [0.15, 0.2) is 5.82 Å². The van der Waals surface area contributed by atoms with Crippen molar-refractivity contribution in [1.82, 2.24) is 14.8 Å². The second kappa shape index (κ2) is 8.20. The molecule has 0 aliphatic rings. The summed E-state index contributed by atoms with van der Waals surface area (Å²) in [5.74, 6) is -0.283. The Hall–Kier alpha value is -3.32. The van der Waals surface area contributed by atoms with E-state index in [0.717, 1.165) is 21.3 Å². The van der Waals surface area contributed by atoms with Crippen LogP contribution < -0.4 is 5.32 Å². The highest BCUT2D eigenvalue weighted by Gasteiger charge is 2.20. The molecule has 0 aliphatic heterocycles. The van der Waals surface area contributed by atoms with Crippen LogP contribution >= 0.6 is 15.9 Å². The molecule has 7 heteroatoms. The van der Waals surface area contributed by atoms with Gasteiger partial charge in [-0.15, -0.1) is 5.10 Å². The quantitative estimate of drug-likeness (QED) is 0.420. The van der Waals surface area contributed by atoms with Crippen molar-refractivity contribution in [3.8, 4) is 17.1 Å². The van der Waals surface area contributed by atoms with Crippen molar-refractivity contribution < 1.29 is 9.18 Å². The van der Waals surface area contributed by atoms with Crippen LogP contribution in [0.15, 0.2) is 71.2 Å². The zero-order chi connectivity index (χ0) is 21.3. The van der Waals surface area contributed by atoms with Gasteiger partial charge in [-0.2, -0.15) is 0 Å². The number of hydrogen-bond donors (Lipinski definition) is 1. The van der Waals surface area contributed by atoms with Gasteiger partial charge in [0.25, 0.3) is 5.91 Å². The highest BCUT2D eigenvalue weighted by molar-refractivity contribution is 9.10. The monoisotopic (exact) mass is 464 g/mol. The lowest BCUT2D eigenvalue weighted by molar-refractivity contribution is 0.101. The highest BCUT2D eigenvalue weighted by atomic mass is 79.9. The number of aromatic nitrogens is 3. The Kier molecular flexibility index (Phi) is 5.46. The van der Waals surface area contributed by atoms with Crippen LogP contribution in [0.25, 0.3) is 17.1 Å². The average molecular weight is 465 g/mol. The molecule has 0 bridgehead atoms. The molecule has 30 heavy (non-hydrogen) atoms. The second-order valence-corrected chi connectivity index (χ2v) is 7.84. The van der Waals surface area contributed by atoms with Gasteiger partial charge in [0.05, 0.1) is 5.69 Å². The Labute approximate surface area is 181 Å². The number of nitrogens with zero attached hydrogens (tertiary/aromatic N) is 3. The van der Waals surface area contributed by atoms with Gasteiger partial charge >= 0.3 is 0 Å². The van der Waals surface area contributed by atoms with Gasteiger partial charge in [-0.25, -0.2) is 14.1 Å². The molecule has 1 N–H and O–H groups in total. The number of carbonyl (C=O) groups is 1. The summed E-state index contributed by atoms with van der Waals surface area (Å²) in [4.78, 5) is 17.3. The van der Waals surface area contributed by atoms with Crippen molar-refractivity contribution in [2.45, 2.75) is 13.8 Å². The van der Waals surface area contributed by atoms with Gasteiger partial charge in [-0.3, -0.25) is 4.79 Å². The lowest BCUT2D eigenvalue weighted by Gasteiger charge is -2.09. The Balaban J connectivity index is 1.78. The molecule has 150 valence electrons. The summed E-state index contributed by atoms with van der Waals surface area (Å²) in [6.07, 6.45) is 0. The van der Waals surface area contributed by atoms with Crippen LogP contribution in [0, 0.1) is 19.7 Å². The molecule has 0 spiro atoms. The van der Waals surface area contributed by atoms with Crippen molar-refractivity contribution in [2.75, 3.05) is 5.32 Å². The van der Waals surface area contributed by atoms with E-state index < -0.39 is 5.91 Å². The fourth-order valence-corrected chi connectivity index (χ4v) is 3.39. The number of benzene rings is 3. The molecule has 0 saturated heterocycles. The minimum atomic E-state index is -0.427. The Bertz CT molecular complexity index is 1220. The molecule has 0 radical (unpaired) electrons. The first kappa shape index (κ1) is 20.0. The third-order valence-corrected chi connectivity index (χ3v) is 5.12. The van der Waals surface area contributed by atoms with Crippen molar-refractivity contribution in [2.24, 2.45) is 0 Å².